The lowest BCUT2D eigenvalue weighted by Crippen LogP contribution is -2.59. The number of piperidine rings is 1. The summed E-state index contributed by atoms with van der Waals surface area (Å²) in [6.07, 6.45) is 5.28. The summed E-state index contributed by atoms with van der Waals surface area (Å²) in [6, 6.07) is -0.952. The number of likely N-dealkylation sites (tertiary alicyclic amines) is 1. The monoisotopic (exact) mass is 437 g/mol. The lowest BCUT2D eigenvalue weighted by atomic mass is 9.93. The molecule has 0 saturated carbocycles. The third kappa shape index (κ3) is 7.34. The number of carbonyl (C=O) groups is 3. The molecule has 1 saturated heterocycles. The lowest BCUT2D eigenvalue weighted by Gasteiger charge is -2.39. The maximum atomic E-state index is 13.5. The van der Waals surface area contributed by atoms with Gasteiger partial charge in [-0.15, -0.1) is 0 Å². The predicted octanol–water partition coefficient (Wildman–Crippen LogP) is 3.29. The molecule has 1 rings (SSSR count). The Morgan fingerprint density at radius 1 is 1.16 bits per heavy atom. The average Bonchev–Trinajstić information content (AvgIpc) is 2.73. The number of hydrogen-bond acceptors (Lipinski definition) is 4. The molecule has 4 atom stereocenters. The molecule has 1 fully saturated rings. The Bertz CT molecular complexity index is 659. The van der Waals surface area contributed by atoms with Crippen LogP contribution in [0.1, 0.15) is 74.1 Å². The van der Waals surface area contributed by atoms with Crippen LogP contribution >= 0.6 is 0 Å². The van der Waals surface area contributed by atoms with Gasteiger partial charge < -0.3 is 15.3 Å². The molecule has 2 N–H and O–H groups in total. The highest BCUT2D eigenvalue weighted by molar-refractivity contribution is 5.90. The number of nitrogens with zero attached hydrogens (tertiary/aromatic N) is 2. The zero-order chi connectivity index (χ0) is 23.9. The third-order valence-corrected chi connectivity index (χ3v) is 6.52. The minimum atomic E-state index is -0.996. The number of carbonyl (C=O) groups excluding carboxylic acids is 2. The second-order valence-electron chi connectivity index (χ2n) is 9.55. The van der Waals surface area contributed by atoms with Crippen LogP contribution < -0.4 is 5.32 Å². The van der Waals surface area contributed by atoms with Crippen molar-refractivity contribution in [2.75, 3.05) is 13.6 Å². The smallest absolute Gasteiger partial charge is 0.331 e. The van der Waals surface area contributed by atoms with E-state index in [1.807, 2.05) is 27.7 Å². The van der Waals surface area contributed by atoms with Crippen molar-refractivity contribution in [3.8, 4) is 0 Å². The number of carboxylic acid groups (broad SMARTS) is 1. The number of likely N-dealkylation sites (N-methyl/N-ethyl adjacent to an activating group) is 1. The second-order valence-corrected chi connectivity index (χ2v) is 9.55. The maximum absolute atomic E-state index is 13.5. The second kappa shape index (κ2) is 12.2. The Hall–Kier alpha value is -1.89. The van der Waals surface area contributed by atoms with Crippen LogP contribution in [0.15, 0.2) is 11.6 Å². The van der Waals surface area contributed by atoms with Gasteiger partial charge in [-0.05, 0) is 52.0 Å². The van der Waals surface area contributed by atoms with Gasteiger partial charge in [0.1, 0.15) is 6.04 Å². The summed E-state index contributed by atoms with van der Waals surface area (Å²) in [4.78, 5) is 41.8. The van der Waals surface area contributed by atoms with Gasteiger partial charge in [-0.2, -0.15) is 0 Å². The van der Waals surface area contributed by atoms with Crippen molar-refractivity contribution in [3.63, 3.8) is 0 Å². The van der Waals surface area contributed by atoms with E-state index in [9.17, 15) is 19.5 Å². The molecule has 178 valence electrons. The van der Waals surface area contributed by atoms with Gasteiger partial charge in [0.25, 0.3) is 0 Å². The molecule has 1 aliphatic heterocycles. The van der Waals surface area contributed by atoms with Crippen molar-refractivity contribution in [3.05, 3.63) is 11.6 Å². The molecule has 7 nitrogen and oxygen atoms in total. The fourth-order valence-electron chi connectivity index (χ4n) is 4.23. The van der Waals surface area contributed by atoms with E-state index < -0.39 is 12.0 Å². The number of amides is 2. The molecule has 1 heterocycles. The maximum Gasteiger partial charge on any atom is 0.331 e. The highest BCUT2D eigenvalue weighted by atomic mass is 16.4. The largest absolute Gasteiger partial charge is 0.478 e. The van der Waals surface area contributed by atoms with Gasteiger partial charge in [0.05, 0.1) is 12.1 Å². The number of rotatable bonds is 10. The molecular weight excluding hydrogens is 394 g/mol. The Labute approximate surface area is 188 Å². The van der Waals surface area contributed by atoms with Crippen molar-refractivity contribution < 1.29 is 19.5 Å². The molecule has 1 aliphatic rings. The third-order valence-electron chi connectivity index (χ3n) is 6.52. The standard InChI is InChI=1S/C24H43N3O4/c1-9-17(6)21(25-22(28)19-12-10-11-13-27(19)16(4)5)23(29)26(8)20(15(2)3)14-18(7)24(30)31/h14-17,19-21H,9-13H2,1-8H3,(H,25,28)(H,30,31)/t17-,19?,20+,21-/m0/s1. The van der Waals surface area contributed by atoms with Crippen LogP contribution in [-0.2, 0) is 14.4 Å². The fourth-order valence-corrected chi connectivity index (χ4v) is 4.23. The predicted molar refractivity (Wildman–Crippen MR) is 124 cm³/mol. The van der Waals surface area contributed by atoms with Gasteiger partial charge in [-0.1, -0.05) is 46.6 Å². The van der Waals surface area contributed by atoms with Gasteiger partial charge in [-0.3, -0.25) is 14.5 Å². The molecule has 0 aromatic heterocycles. The minimum absolute atomic E-state index is 0.0336. The zero-order valence-corrected chi connectivity index (χ0v) is 20.6. The molecule has 1 unspecified atom stereocenters. The summed E-state index contributed by atoms with van der Waals surface area (Å²) in [7, 11) is 1.70. The van der Waals surface area contributed by atoms with E-state index in [4.69, 9.17) is 0 Å². The summed E-state index contributed by atoms with van der Waals surface area (Å²) in [5.41, 5.74) is 0.206. The summed E-state index contributed by atoms with van der Waals surface area (Å²) >= 11 is 0. The summed E-state index contributed by atoms with van der Waals surface area (Å²) in [6.45, 7) is 14.5. The van der Waals surface area contributed by atoms with Crippen LogP contribution in [0.3, 0.4) is 0 Å². The fraction of sp³-hybridized carbons (Fsp3) is 0.792. The molecule has 0 radical (unpaired) electrons. The molecule has 0 aliphatic carbocycles. The molecule has 31 heavy (non-hydrogen) atoms. The van der Waals surface area contributed by atoms with Crippen molar-refractivity contribution in [2.45, 2.75) is 98.3 Å². The van der Waals surface area contributed by atoms with Gasteiger partial charge in [-0.25, -0.2) is 4.79 Å². The van der Waals surface area contributed by atoms with Gasteiger partial charge in [0, 0.05) is 18.7 Å². The van der Waals surface area contributed by atoms with E-state index in [0.29, 0.717) is 0 Å². The zero-order valence-electron chi connectivity index (χ0n) is 20.6. The number of carboxylic acids is 1. The van der Waals surface area contributed by atoms with Crippen LogP contribution in [0.2, 0.25) is 0 Å². The van der Waals surface area contributed by atoms with Crippen molar-refractivity contribution in [1.82, 2.24) is 15.1 Å². The van der Waals surface area contributed by atoms with E-state index in [0.717, 1.165) is 32.2 Å². The van der Waals surface area contributed by atoms with E-state index in [-0.39, 0.29) is 47.3 Å². The van der Waals surface area contributed by atoms with Crippen LogP contribution in [0.25, 0.3) is 0 Å². The normalized spacial score (nSPS) is 21.0. The van der Waals surface area contributed by atoms with Crippen molar-refractivity contribution in [2.24, 2.45) is 11.8 Å². The number of hydrogen-bond donors (Lipinski definition) is 2. The molecule has 0 spiro atoms. The molecule has 0 aromatic carbocycles. The van der Waals surface area contributed by atoms with E-state index in [2.05, 4.69) is 24.1 Å². The molecule has 0 bridgehead atoms. The van der Waals surface area contributed by atoms with Crippen LogP contribution in [0.4, 0.5) is 0 Å². The van der Waals surface area contributed by atoms with Crippen molar-refractivity contribution in [1.29, 1.82) is 0 Å². The summed E-state index contributed by atoms with van der Waals surface area (Å²) in [5.74, 6) is -1.26. The summed E-state index contributed by atoms with van der Waals surface area (Å²) < 4.78 is 0. The Morgan fingerprint density at radius 3 is 2.26 bits per heavy atom. The highest BCUT2D eigenvalue weighted by Gasteiger charge is 2.36. The quantitative estimate of drug-likeness (QED) is 0.512. The first-order valence-corrected chi connectivity index (χ1v) is 11.7. The first-order chi connectivity index (χ1) is 14.4. The molecule has 7 heteroatoms. The highest BCUT2D eigenvalue weighted by Crippen LogP contribution is 2.22. The lowest BCUT2D eigenvalue weighted by molar-refractivity contribution is -0.140. The minimum Gasteiger partial charge on any atom is -0.478 e. The van der Waals surface area contributed by atoms with E-state index >= 15 is 0 Å². The Morgan fingerprint density at radius 2 is 1.77 bits per heavy atom. The molecular formula is C24H43N3O4. The Kier molecular flexibility index (Phi) is 10.7. The first kappa shape index (κ1) is 27.1. The van der Waals surface area contributed by atoms with E-state index in [1.165, 1.54) is 6.92 Å². The van der Waals surface area contributed by atoms with Gasteiger partial charge in [0.15, 0.2) is 0 Å². The van der Waals surface area contributed by atoms with Crippen molar-refractivity contribution >= 4 is 17.8 Å². The first-order valence-electron chi connectivity index (χ1n) is 11.7. The van der Waals surface area contributed by atoms with Gasteiger partial charge >= 0.3 is 5.97 Å². The SMILES string of the molecule is CC[C@H](C)[C@H](NC(=O)C1CCCCN1C(C)C)C(=O)N(C)[C@H](C=C(C)C(=O)O)C(C)C. The average molecular weight is 438 g/mol. The van der Waals surface area contributed by atoms with Crippen LogP contribution in [-0.4, -0.2) is 70.4 Å². The number of aliphatic carboxylic acids is 1. The molecule has 0 aromatic rings. The molecule has 2 amide bonds. The van der Waals surface area contributed by atoms with Gasteiger partial charge in [0.2, 0.25) is 11.8 Å². The Balaban J connectivity index is 3.11. The summed E-state index contributed by atoms with van der Waals surface area (Å²) in [5, 5.41) is 12.3. The van der Waals surface area contributed by atoms with Crippen LogP contribution in [0.5, 0.6) is 0 Å². The topological polar surface area (TPSA) is 90.0 Å². The number of nitrogens with one attached hydrogen (secondary N) is 1. The van der Waals surface area contributed by atoms with Crippen LogP contribution in [0, 0.1) is 11.8 Å². The van der Waals surface area contributed by atoms with E-state index in [1.54, 1.807) is 18.0 Å².